The lowest BCUT2D eigenvalue weighted by molar-refractivity contribution is -0.0505. The Morgan fingerprint density at radius 3 is 1.85 bits per heavy atom. The number of benzene rings is 3. The van der Waals surface area contributed by atoms with Gasteiger partial charge in [-0.1, -0.05) is 24.3 Å². The van der Waals surface area contributed by atoms with Crippen LogP contribution in [0.4, 0.5) is 17.6 Å². The molecule has 0 saturated heterocycles. The predicted octanol–water partition coefficient (Wildman–Crippen LogP) is 6.78. The zero-order valence-corrected chi connectivity index (χ0v) is 17.6. The Bertz CT molecular complexity index is 1210. The lowest BCUT2D eigenvalue weighted by Gasteiger charge is -2.11. The standard InChI is InChI=1S/C25H20F4N2O2/c1-16-4-2-3-5-19(16)15-31-23(18-8-12-21(13-9-18)33-25(28)29)14-22(30-31)17-6-10-20(11-7-17)32-24(26)27/h2-14,24-25H,15H2,1H3. The van der Waals surface area contributed by atoms with Crippen LogP contribution in [0.2, 0.25) is 0 Å². The van der Waals surface area contributed by atoms with Crippen LogP contribution >= 0.6 is 0 Å². The van der Waals surface area contributed by atoms with Gasteiger partial charge in [-0.3, -0.25) is 4.68 Å². The van der Waals surface area contributed by atoms with Crippen molar-refractivity contribution < 1.29 is 27.0 Å². The van der Waals surface area contributed by atoms with Crippen LogP contribution in [-0.2, 0) is 6.54 Å². The number of hydrogen-bond acceptors (Lipinski definition) is 3. The number of ether oxygens (including phenoxy) is 2. The number of rotatable bonds is 8. The van der Waals surface area contributed by atoms with Gasteiger partial charge in [-0.2, -0.15) is 22.7 Å². The number of hydrogen-bond donors (Lipinski definition) is 0. The molecule has 1 aromatic heterocycles. The van der Waals surface area contributed by atoms with Crippen LogP contribution in [0.15, 0.2) is 78.9 Å². The van der Waals surface area contributed by atoms with Gasteiger partial charge in [-0.05, 0) is 72.6 Å². The zero-order chi connectivity index (χ0) is 23.4. The van der Waals surface area contributed by atoms with Crippen molar-refractivity contribution >= 4 is 0 Å². The van der Waals surface area contributed by atoms with E-state index in [-0.39, 0.29) is 11.5 Å². The first-order chi connectivity index (χ1) is 15.9. The molecule has 0 radical (unpaired) electrons. The number of aromatic nitrogens is 2. The molecule has 33 heavy (non-hydrogen) atoms. The van der Waals surface area contributed by atoms with Gasteiger partial charge >= 0.3 is 13.2 Å². The van der Waals surface area contributed by atoms with Crippen molar-refractivity contribution in [2.75, 3.05) is 0 Å². The van der Waals surface area contributed by atoms with Crippen LogP contribution in [0.1, 0.15) is 11.1 Å². The van der Waals surface area contributed by atoms with Crippen molar-refractivity contribution in [1.29, 1.82) is 0 Å². The summed E-state index contributed by atoms with van der Waals surface area (Å²) in [5, 5.41) is 4.73. The minimum Gasteiger partial charge on any atom is -0.435 e. The third-order valence-electron chi connectivity index (χ3n) is 5.11. The molecule has 0 saturated carbocycles. The van der Waals surface area contributed by atoms with E-state index >= 15 is 0 Å². The first kappa shape index (κ1) is 22.4. The molecule has 4 rings (SSSR count). The molecule has 0 unspecified atom stereocenters. The zero-order valence-electron chi connectivity index (χ0n) is 17.6. The second-order valence-corrected chi connectivity index (χ2v) is 7.30. The van der Waals surface area contributed by atoms with Crippen molar-refractivity contribution in [3.05, 3.63) is 90.0 Å². The highest BCUT2D eigenvalue weighted by Gasteiger charge is 2.14. The second-order valence-electron chi connectivity index (χ2n) is 7.30. The third-order valence-corrected chi connectivity index (χ3v) is 5.11. The molecule has 0 aliphatic heterocycles. The fraction of sp³-hybridized carbons (Fsp3) is 0.160. The molecular formula is C25H20F4N2O2. The number of halogens is 4. The van der Waals surface area contributed by atoms with E-state index in [1.54, 1.807) is 24.3 Å². The maximum atomic E-state index is 12.5. The van der Waals surface area contributed by atoms with Gasteiger partial charge in [-0.15, -0.1) is 0 Å². The summed E-state index contributed by atoms with van der Waals surface area (Å²) in [4.78, 5) is 0. The highest BCUT2D eigenvalue weighted by Crippen LogP contribution is 2.30. The van der Waals surface area contributed by atoms with Crippen molar-refractivity contribution in [2.24, 2.45) is 0 Å². The molecule has 0 atom stereocenters. The topological polar surface area (TPSA) is 36.3 Å². The summed E-state index contributed by atoms with van der Waals surface area (Å²) in [5.74, 6) is 0.122. The molecule has 0 N–H and O–H groups in total. The molecule has 170 valence electrons. The van der Waals surface area contributed by atoms with Crippen LogP contribution in [0.25, 0.3) is 22.5 Å². The Balaban J connectivity index is 1.70. The number of nitrogens with zero attached hydrogens (tertiary/aromatic N) is 2. The minimum atomic E-state index is -2.90. The monoisotopic (exact) mass is 456 g/mol. The molecule has 4 aromatic rings. The molecule has 0 amide bonds. The lowest BCUT2D eigenvalue weighted by Crippen LogP contribution is -2.05. The molecule has 4 nitrogen and oxygen atoms in total. The van der Waals surface area contributed by atoms with Crippen molar-refractivity contribution in [3.8, 4) is 34.0 Å². The molecule has 3 aromatic carbocycles. The summed E-state index contributed by atoms with van der Waals surface area (Å²) < 4.78 is 60.5. The maximum Gasteiger partial charge on any atom is 0.387 e. The average molecular weight is 456 g/mol. The van der Waals surface area contributed by atoms with Crippen LogP contribution < -0.4 is 9.47 Å². The molecule has 0 bridgehead atoms. The second kappa shape index (κ2) is 9.77. The van der Waals surface area contributed by atoms with E-state index in [2.05, 4.69) is 9.47 Å². The van der Waals surface area contributed by atoms with Gasteiger partial charge in [0.25, 0.3) is 0 Å². The molecule has 0 fully saturated rings. The lowest BCUT2D eigenvalue weighted by atomic mass is 10.1. The van der Waals surface area contributed by atoms with E-state index in [0.29, 0.717) is 12.2 Å². The molecule has 8 heteroatoms. The Kier molecular flexibility index (Phi) is 6.63. The van der Waals surface area contributed by atoms with Gasteiger partial charge in [0, 0.05) is 11.1 Å². The Hall–Kier alpha value is -3.81. The van der Waals surface area contributed by atoms with E-state index < -0.39 is 13.2 Å². The summed E-state index contributed by atoms with van der Waals surface area (Å²) >= 11 is 0. The quantitative estimate of drug-likeness (QED) is 0.274. The minimum absolute atomic E-state index is 0.0583. The van der Waals surface area contributed by atoms with Gasteiger partial charge in [0.1, 0.15) is 11.5 Å². The Morgan fingerprint density at radius 1 is 0.758 bits per heavy atom. The molecule has 0 aliphatic rings. The summed E-state index contributed by atoms with van der Waals surface area (Å²) in [5.41, 5.74) is 5.07. The number of alkyl halides is 4. The van der Waals surface area contributed by atoms with Gasteiger partial charge in [0.15, 0.2) is 0 Å². The summed E-state index contributed by atoms with van der Waals surface area (Å²) in [6.45, 7) is -3.29. The Labute approximate surface area is 188 Å². The molecular weight excluding hydrogens is 436 g/mol. The van der Waals surface area contributed by atoms with Crippen molar-refractivity contribution in [2.45, 2.75) is 26.7 Å². The van der Waals surface area contributed by atoms with Gasteiger partial charge in [0.05, 0.1) is 17.9 Å². The largest absolute Gasteiger partial charge is 0.435 e. The molecule has 0 spiro atoms. The van der Waals surface area contributed by atoms with Crippen molar-refractivity contribution in [1.82, 2.24) is 9.78 Å². The third kappa shape index (κ3) is 5.52. The van der Waals surface area contributed by atoms with Crippen LogP contribution in [0.5, 0.6) is 11.5 Å². The predicted molar refractivity (Wildman–Crippen MR) is 117 cm³/mol. The smallest absolute Gasteiger partial charge is 0.387 e. The van der Waals surface area contributed by atoms with Crippen LogP contribution in [-0.4, -0.2) is 23.0 Å². The summed E-state index contributed by atoms with van der Waals surface area (Å²) in [7, 11) is 0. The maximum absolute atomic E-state index is 12.5. The van der Waals surface area contributed by atoms with Gasteiger partial charge < -0.3 is 9.47 Å². The highest BCUT2D eigenvalue weighted by atomic mass is 19.3. The van der Waals surface area contributed by atoms with E-state index in [9.17, 15) is 17.6 Å². The summed E-state index contributed by atoms with van der Waals surface area (Å²) in [6, 6.07) is 22.3. The van der Waals surface area contributed by atoms with E-state index in [0.717, 1.165) is 27.9 Å². The highest BCUT2D eigenvalue weighted by molar-refractivity contribution is 5.69. The van der Waals surface area contributed by atoms with Gasteiger partial charge in [0.2, 0.25) is 0 Å². The fourth-order valence-corrected chi connectivity index (χ4v) is 3.47. The molecule has 1 heterocycles. The average Bonchev–Trinajstić information content (AvgIpc) is 3.19. The Morgan fingerprint density at radius 2 is 1.30 bits per heavy atom. The van der Waals surface area contributed by atoms with Crippen molar-refractivity contribution in [3.63, 3.8) is 0 Å². The summed E-state index contributed by atoms with van der Waals surface area (Å²) in [6.07, 6.45) is 0. The van der Waals surface area contributed by atoms with E-state index in [1.807, 2.05) is 41.9 Å². The SMILES string of the molecule is Cc1ccccc1Cn1nc(-c2ccc(OC(F)F)cc2)cc1-c1ccc(OC(F)F)cc1. The first-order valence-electron chi connectivity index (χ1n) is 10.1. The van der Waals surface area contributed by atoms with Gasteiger partial charge in [-0.25, -0.2) is 0 Å². The normalized spacial score (nSPS) is 11.2. The van der Waals surface area contributed by atoms with Crippen LogP contribution in [0.3, 0.4) is 0 Å². The molecule has 0 aliphatic carbocycles. The number of aryl methyl sites for hydroxylation is 1. The first-order valence-corrected chi connectivity index (χ1v) is 10.1. The fourth-order valence-electron chi connectivity index (χ4n) is 3.47. The van der Waals surface area contributed by atoms with Crippen LogP contribution in [0, 0.1) is 6.92 Å². The van der Waals surface area contributed by atoms with E-state index in [4.69, 9.17) is 5.10 Å². The van der Waals surface area contributed by atoms with E-state index in [1.165, 1.54) is 24.3 Å².